The highest BCUT2D eigenvalue weighted by atomic mass is 35.5. The maximum Gasteiger partial charge on any atom is 0.318 e. The lowest BCUT2D eigenvalue weighted by molar-refractivity contribution is 0.181. The van der Waals surface area contributed by atoms with Gasteiger partial charge in [-0.25, -0.2) is 13.6 Å². The summed E-state index contributed by atoms with van der Waals surface area (Å²) in [7, 11) is 0. The van der Waals surface area contributed by atoms with Gasteiger partial charge in [-0.2, -0.15) is 5.10 Å². The second-order valence-electron chi connectivity index (χ2n) is 6.53. The molecule has 1 aliphatic rings. The Bertz CT molecular complexity index is 1020. The number of halogens is 3. The summed E-state index contributed by atoms with van der Waals surface area (Å²) in [5, 5.41) is 7.16. The molecule has 144 valence electrons. The molecule has 5 nitrogen and oxygen atoms in total. The van der Waals surface area contributed by atoms with E-state index in [1.807, 2.05) is 4.68 Å². The van der Waals surface area contributed by atoms with Crippen LogP contribution in [0.4, 0.5) is 13.6 Å². The van der Waals surface area contributed by atoms with Gasteiger partial charge in [0.25, 0.3) is 0 Å². The van der Waals surface area contributed by atoms with Crippen molar-refractivity contribution in [2.24, 2.45) is 0 Å². The summed E-state index contributed by atoms with van der Waals surface area (Å²) in [6, 6.07) is 10.4. The molecule has 0 aliphatic carbocycles. The van der Waals surface area contributed by atoms with E-state index in [-0.39, 0.29) is 23.4 Å². The summed E-state index contributed by atoms with van der Waals surface area (Å²) < 4.78 is 28.6. The molecule has 0 fully saturated rings. The minimum atomic E-state index is -0.515. The van der Waals surface area contributed by atoms with Crippen molar-refractivity contribution in [3.8, 4) is 11.1 Å². The van der Waals surface area contributed by atoms with Crippen LogP contribution in [0.25, 0.3) is 11.1 Å². The monoisotopic (exact) mass is 402 g/mol. The van der Waals surface area contributed by atoms with Gasteiger partial charge in [0, 0.05) is 18.7 Å². The smallest absolute Gasteiger partial charge is 0.318 e. The van der Waals surface area contributed by atoms with Crippen LogP contribution in [-0.2, 0) is 19.6 Å². The molecule has 0 bridgehead atoms. The predicted molar refractivity (Wildman–Crippen MR) is 102 cm³/mol. The Morgan fingerprint density at radius 2 is 1.93 bits per heavy atom. The van der Waals surface area contributed by atoms with Crippen molar-refractivity contribution >= 4 is 17.6 Å². The van der Waals surface area contributed by atoms with Crippen molar-refractivity contribution in [2.75, 3.05) is 6.54 Å². The number of nitrogens with one attached hydrogen (secondary N) is 1. The van der Waals surface area contributed by atoms with E-state index in [2.05, 4.69) is 10.4 Å². The van der Waals surface area contributed by atoms with Crippen molar-refractivity contribution in [1.29, 1.82) is 0 Å². The number of carbonyl (C=O) groups is 1. The van der Waals surface area contributed by atoms with Gasteiger partial charge in [-0.1, -0.05) is 35.9 Å². The molecule has 1 N–H and O–H groups in total. The van der Waals surface area contributed by atoms with Crippen molar-refractivity contribution in [3.63, 3.8) is 0 Å². The highest BCUT2D eigenvalue weighted by Gasteiger charge is 2.24. The third-order valence-electron chi connectivity index (χ3n) is 4.78. The molecule has 0 atom stereocenters. The predicted octanol–water partition coefficient (Wildman–Crippen LogP) is 4.21. The van der Waals surface area contributed by atoms with Crippen LogP contribution in [0.2, 0.25) is 5.02 Å². The highest BCUT2D eigenvalue weighted by Crippen LogP contribution is 2.27. The van der Waals surface area contributed by atoms with E-state index in [0.29, 0.717) is 25.2 Å². The molecule has 1 aliphatic heterocycles. The minimum absolute atomic E-state index is 0.0121. The lowest BCUT2D eigenvalue weighted by Crippen LogP contribution is -2.44. The van der Waals surface area contributed by atoms with Crippen LogP contribution in [-0.4, -0.2) is 27.3 Å². The molecule has 2 heterocycles. The third kappa shape index (κ3) is 3.57. The maximum atomic E-state index is 13.5. The number of rotatable bonds is 3. The van der Waals surface area contributed by atoms with Crippen molar-refractivity contribution in [1.82, 2.24) is 20.0 Å². The summed E-state index contributed by atoms with van der Waals surface area (Å²) in [4.78, 5) is 14.3. The number of hydrogen-bond acceptors (Lipinski definition) is 2. The van der Waals surface area contributed by atoms with Gasteiger partial charge in [-0.15, -0.1) is 0 Å². The van der Waals surface area contributed by atoms with Gasteiger partial charge in [0.1, 0.15) is 11.6 Å². The molecule has 3 aromatic rings. The number of fused-ring (bicyclic) bond motifs is 1. The summed E-state index contributed by atoms with van der Waals surface area (Å²) in [5.74, 6) is -0.818. The van der Waals surface area contributed by atoms with Gasteiger partial charge in [0.2, 0.25) is 0 Å². The van der Waals surface area contributed by atoms with E-state index in [0.717, 1.165) is 16.8 Å². The Morgan fingerprint density at radius 1 is 1.14 bits per heavy atom. The fourth-order valence-electron chi connectivity index (χ4n) is 3.26. The first-order valence-corrected chi connectivity index (χ1v) is 9.17. The molecule has 0 saturated heterocycles. The zero-order valence-corrected chi connectivity index (χ0v) is 15.6. The van der Waals surface area contributed by atoms with Crippen LogP contribution in [0, 0.1) is 11.6 Å². The van der Waals surface area contributed by atoms with Crippen molar-refractivity contribution in [2.45, 2.75) is 19.6 Å². The topological polar surface area (TPSA) is 50.2 Å². The number of nitrogens with zero attached hydrogens (tertiary/aromatic N) is 3. The standard InChI is InChI=1S/C20H17ClF2N4O/c21-19-14(2-1-3-17(19)23)10-24-20(28)26-8-9-27-18(12-26)16(11-25-27)13-4-6-15(22)7-5-13/h1-7,11H,8-10,12H2,(H,24,28). The van der Waals surface area contributed by atoms with Crippen LogP contribution < -0.4 is 5.32 Å². The number of hydrogen-bond donors (Lipinski definition) is 1. The summed E-state index contributed by atoms with van der Waals surface area (Å²) in [6.45, 7) is 1.57. The second kappa shape index (κ2) is 7.59. The zero-order chi connectivity index (χ0) is 19.7. The molecule has 0 radical (unpaired) electrons. The van der Waals surface area contributed by atoms with Gasteiger partial charge in [0.15, 0.2) is 0 Å². The molecule has 2 amide bonds. The lowest BCUT2D eigenvalue weighted by atomic mass is 10.1. The molecule has 8 heteroatoms. The third-order valence-corrected chi connectivity index (χ3v) is 5.20. The highest BCUT2D eigenvalue weighted by molar-refractivity contribution is 6.31. The van der Waals surface area contributed by atoms with Crippen LogP contribution in [0.1, 0.15) is 11.3 Å². The molecule has 2 aromatic carbocycles. The number of urea groups is 1. The Hall–Kier alpha value is -2.93. The van der Waals surface area contributed by atoms with E-state index in [1.54, 1.807) is 35.4 Å². The van der Waals surface area contributed by atoms with Crippen LogP contribution >= 0.6 is 11.6 Å². The van der Waals surface area contributed by atoms with Crippen LogP contribution in [0.3, 0.4) is 0 Å². The number of amides is 2. The first kappa shape index (κ1) is 18.4. The Kier molecular flexibility index (Phi) is 5.00. The van der Waals surface area contributed by atoms with E-state index in [1.165, 1.54) is 18.2 Å². The molecule has 0 saturated carbocycles. The first-order chi connectivity index (χ1) is 13.5. The maximum absolute atomic E-state index is 13.5. The van der Waals surface area contributed by atoms with Crippen molar-refractivity contribution in [3.05, 3.63) is 76.6 Å². The molecule has 4 rings (SSSR count). The summed E-state index contributed by atoms with van der Waals surface area (Å²) in [6.07, 6.45) is 1.73. The zero-order valence-electron chi connectivity index (χ0n) is 14.8. The normalized spacial score (nSPS) is 13.3. The fraction of sp³-hybridized carbons (Fsp3) is 0.200. The summed E-state index contributed by atoms with van der Waals surface area (Å²) >= 11 is 5.94. The Labute approximate surface area is 165 Å². The van der Waals surface area contributed by atoms with Gasteiger partial charge >= 0.3 is 6.03 Å². The average Bonchev–Trinajstić information content (AvgIpc) is 3.12. The van der Waals surface area contributed by atoms with E-state index < -0.39 is 5.82 Å². The molecule has 28 heavy (non-hydrogen) atoms. The van der Waals surface area contributed by atoms with E-state index >= 15 is 0 Å². The van der Waals surface area contributed by atoms with Gasteiger partial charge < -0.3 is 10.2 Å². The molecular weight excluding hydrogens is 386 g/mol. The molecular formula is C20H17ClF2N4O. The Balaban J connectivity index is 1.47. The quantitative estimate of drug-likeness (QED) is 0.713. The van der Waals surface area contributed by atoms with Crippen molar-refractivity contribution < 1.29 is 13.6 Å². The van der Waals surface area contributed by atoms with E-state index in [4.69, 9.17) is 11.6 Å². The number of carbonyl (C=O) groups excluding carboxylic acids is 1. The van der Waals surface area contributed by atoms with Crippen LogP contribution in [0.15, 0.2) is 48.7 Å². The van der Waals surface area contributed by atoms with Crippen LogP contribution in [0.5, 0.6) is 0 Å². The number of benzene rings is 2. The average molecular weight is 403 g/mol. The minimum Gasteiger partial charge on any atom is -0.334 e. The van der Waals surface area contributed by atoms with Gasteiger partial charge in [0.05, 0.1) is 30.0 Å². The van der Waals surface area contributed by atoms with Gasteiger partial charge in [-0.3, -0.25) is 4.68 Å². The number of aromatic nitrogens is 2. The van der Waals surface area contributed by atoms with Gasteiger partial charge in [-0.05, 0) is 29.3 Å². The molecule has 0 spiro atoms. The first-order valence-electron chi connectivity index (χ1n) is 8.79. The lowest BCUT2D eigenvalue weighted by Gasteiger charge is -2.28. The molecule has 1 aromatic heterocycles. The second-order valence-corrected chi connectivity index (χ2v) is 6.91. The Morgan fingerprint density at radius 3 is 2.71 bits per heavy atom. The molecule has 0 unspecified atom stereocenters. The fourth-order valence-corrected chi connectivity index (χ4v) is 3.45. The van der Waals surface area contributed by atoms with E-state index in [9.17, 15) is 13.6 Å². The largest absolute Gasteiger partial charge is 0.334 e. The SMILES string of the molecule is O=C(NCc1cccc(F)c1Cl)N1CCn2ncc(-c3ccc(F)cc3)c2C1. The summed E-state index contributed by atoms with van der Waals surface area (Å²) in [5.41, 5.74) is 3.11.